The van der Waals surface area contributed by atoms with Crippen molar-refractivity contribution in [2.75, 3.05) is 0 Å². The number of pyridine rings is 1. The van der Waals surface area contributed by atoms with Gasteiger partial charge in [0.15, 0.2) is 0 Å². The Labute approximate surface area is 168 Å². The highest BCUT2D eigenvalue weighted by atomic mass is 35.5. The van der Waals surface area contributed by atoms with Crippen molar-refractivity contribution in [1.29, 1.82) is 0 Å². The van der Waals surface area contributed by atoms with E-state index in [0.29, 0.717) is 17.1 Å². The van der Waals surface area contributed by atoms with E-state index < -0.39 is 0 Å². The zero-order valence-electron chi connectivity index (χ0n) is 15.4. The molecule has 3 aromatic rings. The summed E-state index contributed by atoms with van der Waals surface area (Å²) in [6.07, 6.45) is 1.45. The summed E-state index contributed by atoms with van der Waals surface area (Å²) in [5, 5.41) is 6.21. The second kappa shape index (κ2) is 9.15. The van der Waals surface area contributed by atoms with Gasteiger partial charge < -0.3 is 10.6 Å². The number of nitrogens with one attached hydrogen (secondary N) is 2. The van der Waals surface area contributed by atoms with E-state index in [1.807, 2.05) is 49.4 Å². The predicted octanol–water partition coefficient (Wildman–Crippen LogP) is 3.90. The lowest BCUT2D eigenvalue weighted by Gasteiger charge is -2.09. The third-order valence-electron chi connectivity index (χ3n) is 4.19. The summed E-state index contributed by atoms with van der Waals surface area (Å²) in [7, 11) is 0. The first-order valence-electron chi connectivity index (χ1n) is 8.84. The fraction of sp³-hybridized carbons (Fsp3) is 0.136. The maximum atomic E-state index is 12.4. The van der Waals surface area contributed by atoms with Gasteiger partial charge in [-0.25, -0.2) is 0 Å². The van der Waals surface area contributed by atoms with Crippen LogP contribution in [0.5, 0.6) is 0 Å². The minimum atomic E-state index is -0.367. The first-order valence-corrected chi connectivity index (χ1v) is 9.22. The van der Waals surface area contributed by atoms with E-state index in [1.165, 1.54) is 12.3 Å². The van der Waals surface area contributed by atoms with Gasteiger partial charge in [-0.2, -0.15) is 0 Å². The van der Waals surface area contributed by atoms with E-state index in [9.17, 15) is 9.59 Å². The molecule has 3 rings (SSSR count). The molecule has 0 atom stereocenters. The van der Waals surface area contributed by atoms with Gasteiger partial charge in [-0.05, 0) is 36.2 Å². The summed E-state index contributed by atoms with van der Waals surface area (Å²) in [5.74, 6) is -0.627. The third kappa shape index (κ3) is 5.18. The Morgan fingerprint density at radius 2 is 1.71 bits per heavy atom. The molecule has 0 radical (unpaired) electrons. The number of halogens is 1. The van der Waals surface area contributed by atoms with Gasteiger partial charge in [0.25, 0.3) is 11.8 Å². The van der Waals surface area contributed by atoms with Crippen molar-refractivity contribution in [2.45, 2.75) is 20.0 Å². The Bertz CT molecular complexity index is 1000. The molecule has 142 valence electrons. The van der Waals surface area contributed by atoms with E-state index in [2.05, 4.69) is 15.6 Å². The van der Waals surface area contributed by atoms with Crippen LogP contribution in [0.2, 0.25) is 5.02 Å². The third-order valence-corrected chi connectivity index (χ3v) is 4.56. The molecule has 0 aliphatic heterocycles. The fourth-order valence-electron chi connectivity index (χ4n) is 2.71. The Morgan fingerprint density at radius 3 is 2.50 bits per heavy atom. The number of nitrogens with zero attached hydrogens (tertiary/aromatic N) is 1. The average molecular weight is 394 g/mol. The molecule has 0 saturated heterocycles. The van der Waals surface area contributed by atoms with Crippen LogP contribution >= 0.6 is 11.6 Å². The fourth-order valence-corrected chi connectivity index (χ4v) is 2.91. The van der Waals surface area contributed by atoms with Gasteiger partial charge in [0.2, 0.25) is 0 Å². The first-order chi connectivity index (χ1) is 13.5. The number of amides is 2. The molecule has 2 aromatic carbocycles. The minimum Gasteiger partial charge on any atom is -0.348 e. The molecule has 0 spiro atoms. The van der Waals surface area contributed by atoms with Crippen molar-refractivity contribution in [3.63, 3.8) is 0 Å². The number of aryl methyl sites for hydroxylation is 1. The van der Waals surface area contributed by atoms with Crippen molar-refractivity contribution in [3.8, 4) is 0 Å². The maximum Gasteiger partial charge on any atom is 0.270 e. The van der Waals surface area contributed by atoms with Crippen molar-refractivity contribution >= 4 is 23.4 Å². The second-order valence-electron chi connectivity index (χ2n) is 6.38. The summed E-state index contributed by atoms with van der Waals surface area (Å²) in [6.45, 7) is 2.70. The number of aromatic nitrogens is 1. The smallest absolute Gasteiger partial charge is 0.270 e. The van der Waals surface area contributed by atoms with Gasteiger partial charge in [0.05, 0.1) is 0 Å². The molecule has 1 aromatic heterocycles. The van der Waals surface area contributed by atoms with Gasteiger partial charge in [0, 0.05) is 29.9 Å². The van der Waals surface area contributed by atoms with Crippen LogP contribution in [0, 0.1) is 6.92 Å². The van der Waals surface area contributed by atoms with Gasteiger partial charge in [-0.1, -0.05) is 59.6 Å². The minimum absolute atomic E-state index is 0.176. The molecule has 28 heavy (non-hydrogen) atoms. The quantitative estimate of drug-likeness (QED) is 0.667. The van der Waals surface area contributed by atoms with Crippen LogP contribution in [-0.2, 0) is 13.1 Å². The summed E-state index contributed by atoms with van der Waals surface area (Å²) >= 11 is 6.10. The van der Waals surface area contributed by atoms with Crippen LogP contribution < -0.4 is 10.6 Å². The molecule has 0 saturated carbocycles. The summed E-state index contributed by atoms with van der Waals surface area (Å²) in [5.41, 5.74) is 3.51. The van der Waals surface area contributed by atoms with Crippen molar-refractivity contribution < 1.29 is 9.59 Å². The van der Waals surface area contributed by atoms with Gasteiger partial charge in [0.1, 0.15) is 5.69 Å². The molecule has 6 heteroatoms. The van der Waals surface area contributed by atoms with Crippen LogP contribution in [-0.4, -0.2) is 16.8 Å². The molecule has 0 unspecified atom stereocenters. The first kappa shape index (κ1) is 19.6. The van der Waals surface area contributed by atoms with E-state index in [0.717, 1.165) is 16.7 Å². The lowest BCUT2D eigenvalue weighted by atomic mass is 10.1. The van der Waals surface area contributed by atoms with Crippen LogP contribution in [0.3, 0.4) is 0 Å². The molecule has 5 nitrogen and oxygen atoms in total. The van der Waals surface area contributed by atoms with Crippen LogP contribution in [0.25, 0.3) is 0 Å². The Kier molecular flexibility index (Phi) is 6.40. The highest BCUT2D eigenvalue weighted by Gasteiger charge is 2.12. The number of rotatable bonds is 6. The molecule has 0 aliphatic rings. The van der Waals surface area contributed by atoms with Crippen molar-refractivity contribution in [3.05, 3.63) is 99.8 Å². The highest BCUT2D eigenvalue weighted by Crippen LogP contribution is 2.14. The molecule has 0 fully saturated rings. The lowest BCUT2D eigenvalue weighted by molar-refractivity contribution is 0.0946. The molecular weight excluding hydrogens is 374 g/mol. The molecule has 0 aliphatic carbocycles. The van der Waals surface area contributed by atoms with E-state index in [4.69, 9.17) is 11.6 Å². The SMILES string of the molecule is Cc1cccc(CNC(=O)c2ccnc(C(=O)NCc3ccccc3Cl)c2)c1. The number of benzene rings is 2. The molecule has 0 bridgehead atoms. The predicted molar refractivity (Wildman–Crippen MR) is 109 cm³/mol. The molecule has 2 N–H and O–H groups in total. The van der Waals surface area contributed by atoms with Crippen molar-refractivity contribution in [1.82, 2.24) is 15.6 Å². The molecule has 1 heterocycles. The van der Waals surface area contributed by atoms with Crippen LogP contribution in [0.15, 0.2) is 66.9 Å². The van der Waals surface area contributed by atoms with Crippen LogP contribution in [0.1, 0.15) is 37.5 Å². The second-order valence-corrected chi connectivity index (χ2v) is 6.78. The van der Waals surface area contributed by atoms with E-state index in [-0.39, 0.29) is 24.1 Å². The number of hydrogen-bond donors (Lipinski definition) is 2. The van der Waals surface area contributed by atoms with Crippen LogP contribution in [0.4, 0.5) is 0 Å². The zero-order chi connectivity index (χ0) is 19.9. The van der Waals surface area contributed by atoms with E-state index >= 15 is 0 Å². The standard InChI is InChI=1S/C22H20ClN3O2/c1-15-5-4-6-16(11-15)13-25-21(27)17-9-10-24-20(12-17)22(28)26-14-18-7-2-3-8-19(18)23/h2-12H,13-14H2,1H3,(H,25,27)(H,26,28). The molecule has 2 amide bonds. The Balaban J connectivity index is 1.61. The molecular formula is C22H20ClN3O2. The normalized spacial score (nSPS) is 10.4. The monoisotopic (exact) mass is 393 g/mol. The van der Waals surface area contributed by atoms with Gasteiger partial charge >= 0.3 is 0 Å². The number of carbonyl (C=O) groups excluding carboxylic acids is 2. The van der Waals surface area contributed by atoms with E-state index in [1.54, 1.807) is 12.1 Å². The lowest BCUT2D eigenvalue weighted by Crippen LogP contribution is -2.26. The zero-order valence-corrected chi connectivity index (χ0v) is 16.2. The highest BCUT2D eigenvalue weighted by molar-refractivity contribution is 6.31. The maximum absolute atomic E-state index is 12.4. The largest absolute Gasteiger partial charge is 0.348 e. The van der Waals surface area contributed by atoms with Crippen molar-refractivity contribution in [2.24, 2.45) is 0 Å². The summed E-state index contributed by atoms with van der Waals surface area (Å²) < 4.78 is 0. The van der Waals surface area contributed by atoms with Gasteiger partial charge in [-0.15, -0.1) is 0 Å². The number of hydrogen-bond acceptors (Lipinski definition) is 3. The Hall–Kier alpha value is -3.18. The topological polar surface area (TPSA) is 71.1 Å². The average Bonchev–Trinajstić information content (AvgIpc) is 2.71. The number of carbonyl (C=O) groups is 2. The summed E-state index contributed by atoms with van der Waals surface area (Å²) in [6, 6.07) is 18.3. The van der Waals surface area contributed by atoms with Gasteiger partial charge in [-0.3, -0.25) is 14.6 Å². The Morgan fingerprint density at radius 1 is 0.929 bits per heavy atom. The summed E-state index contributed by atoms with van der Waals surface area (Å²) in [4.78, 5) is 28.8.